The highest BCUT2D eigenvalue weighted by atomic mass is 15.1. The average molecular weight is 171 g/mol. The van der Waals surface area contributed by atoms with E-state index in [1.807, 2.05) is 0 Å². The van der Waals surface area contributed by atoms with E-state index in [9.17, 15) is 0 Å². The first-order valence-electron chi connectivity index (χ1n) is 4.55. The lowest BCUT2D eigenvalue weighted by Gasteiger charge is -2.49. The first-order valence-corrected chi connectivity index (χ1v) is 4.55. The third-order valence-corrected chi connectivity index (χ3v) is 2.70. The third-order valence-electron chi connectivity index (χ3n) is 2.70. The largest absolute Gasteiger partial charge is 0.326 e. The Labute approximate surface area is 74.9 Å². The van der Waals surface area contributed by atoms with E-state index in [-0.39, 0.29) is 23.2 Å². The van der Waals surface area contributed by atoms with Crippen molar-refractivity contribution in [3.63, 3.8) is 0 Å². The van der Waals surface area contributed by atoms with Gasteiger partial charge in [-0.1, -0.05) is 0 Å². The third kappa shape index (κ3) is 1.79. The fraction of sp³-hybridized carbons (Fsp3) is 1.00. The predicted octanol–water partition coefficient (Wildman–Crippen LogP) is 0.192. The van der Waals surface area contributed by atoms with Gasteiger partial charge in [-0.2, -0.15) is 0 Å². The molecule has 0 aliphatic carbocycles. The predicted molar refractivity (Wildman–Crippen MR) is 51.9 cm³/mol. The van der Waals surface area contributed by atoms with Crippen molar-refractivity contribution in [2.75, 3.05) is 0 Å². The Hall–Kier alpha value is -0.120. The van der Waals surface area contributed by atoms with Crippen LogP contribution in [0.2, 0.25) is 0 Å². The molecule has 1 aliphatic heterocycles. The summed E-state index contributed by atoms with van der Waals surface area (Å²) >= 11 is 0. The van der Waals surface area contributed by atoms with Gasteiger partial charge in [-0.3, -0.25) is 0 Å². The smallest absolute Gasteiger partial charge is 0.0373 e. The van der Waals surface area contributed by atoms with E-state index in [1.54, 1.807) is 0 Å². The second kappa shape index (κ2) is 2.69. The number of hydrogen-bond donors (Lipinski definition) is 3. The van der Waals surface area contributed by atoms with Crippen LogP contribution in [0.4, 0.5) is 0 Å². The molecule has 12 heavy (non-hydrogen) atoms. The van der Waals surface area contributed by atoms with Crippen molar-refractivity contribution >= 4 is 0 Å². The maximum atomic E-state index is 5.99. The summed E-state index contributed by atoms with van der Waals surface area (Å²) < 4.78 is 0. The quantitative estimate of drug-likeness (QED) is 0.487. The van der Waals surface area contributed by atoms with Crippen molar-refractivity contribution in [1.82, 2.24) is 5.32 Å². The van der Waals surface area contributed by atoms with Gasteiger partial charge in [0.25, 0.3) is 0 Å². The molecule has 0 aromatic heterocycles. The van der Waals surface area contributed by atoms with Crippen molar-refractivity contribution in [1.29, 1.82) is 0 Å². The molecule has 3 nitrogen and oxygen atoms in total. The van der Waals surface area contributed by atoms with Crippen LogP contribution >= 0.6 is 0 Å². The van der Waals surface area contributed by atoms with E-state index in [0.717, 1.165) is 6.42 Å². The summed E-state index contributed by atoms with van der Waals surface area (Å²) in [5.74, 6) is 0. The summed E-state index contributed by atoms with van der Waals surface area (Å²) in [4.78, 5) is 0. The molecule has 0 amide bonds. The van der Waals surface area contributed by atoms with Crippen LogP contribution in [0, 0.1) is 0 Å². The molecular weight excluding hydrogens is 150 g/mol. The van der Waals surface area contributed by atoms with E-state index in [2.05, 4.69) is 33.0 Å². The van der Waals surface area contributed by atoms with E-state index in [0.29, 0.717) is 0 Å². The van der Waals surface area contributed by atoms with E-state index in [4.69, 9.17) is 11.5 Å². The van der Waals surface area contributed by atoms with Gasteiger partial charge in [0.2, 0.25) is 0 Å². The Morgan fingerprint density at radius 1 is 1.17 bits per heavy atom. The first kappa shape index (κ1) is 9.96. The minimum Gasteiger partial charge on any atom is -0.326 e. The molecule has 0 bridgehead atoms. The molecule has 5 N–H and O–H groups in total. The zero-order valence-corrected chi connectivity index (χ0v) is 8.52. The Kier molecular flexibility index (Phi) is 2.23. The molecule has 1 aliphatic rings. The lowest BCUT2D eigenvalue weighted by atomic mass is 9.76. The molecule has 1 saturated heterocycles. The average Bonchev–Trinajstić information content (AvgIpc) is 1.79. The van der Waals surface area contributed by atoms with E-state index < -0.39 is 0 Å². The second-order valence-electron chi connectivity index (χ2n) is 5.12. The Morgan fingerprint density at radius 2 is 1.67 bits per heavy atom. The van der Waals surface area contributed by atoms with Crippen molar-refractivity contribution < 1.29 is 0 Å². The molecule has 72 valence electrons. The van der Waals surface area contributed by atoms with Crippen LogP contribution in [-0.4, -0.2) is 23.2 Å². The van der Waals surface area contributed by atoms with Crippen molar-refractivity contribution in [2.24, 2.45) is 11.5 Å². The highest BCUT2D eigenvalue weighted by Gasteiger charge is 2.42. The van der Waals surface area contributed by atoms with Gasteiger partial charge < -0.3 is 16.8 Å². The molecule has 0 aromatic carbocycles. The minimum absolute atomic E-state index is 0.0468. The Balaban J connectivity index is 2.80. The summed E-state index contributed by atoms with van der Waals surface area (Å²) in [6.45, 7) is 8.55. The number of hydrogen-bond acceptors (Lipinski definition) is 3. The first-order chi connectivity index (χ1) is 5.25. The van der Waals surface area contributed by atoms with E-state index in [1.165, 1.54) is 0 Å². The van der Waals surface area contributed by atoms with Crippen molar-refractivity contribution in [2.45, 2.75) is 57.3 Å². The van der Waals surface area contributed by atoms with Crippen molar-refractivity contribution in [3.8, 4) is 0 Å². The van der Waals surface area contributed by atoms with Crippen molar-refractivity contribution in [3.05, 3.63) is 0 Å². The number of rotatable bonds is 0. The summed E-state index contributed by atoms with van der Waals surface area (Å²) in [7, 11) is 0. The summed E-state index contributed by atoms with van der Waals surface area (Å²) in [5.41, 5.74) is 12.0. The minimum atomic E-state index is -0.0544. The molecule has 0 spiro atoms. The van der Waals surface area contributed by atoms with Gasteiger partial charge in [-0.15, -0.1) is 0 Å². The van der Waals surface area contributed by atoms with Gasteiger partial charge in [-0.05, 0) is 34.1 Å². The zero-order valence-electron chi connectivity index (χ0n) is 8.52. The van der Waals surface area contributed by atoms with Crippen LogP contribution in [0.1, 0.15) is 34.1 Å². The van der Waals surface area contributed by atoms with Gasteiger partial charge in [0.05, 0.1) is 0 Å². The molecule has 0 saturated carbocycles. The maximum absolute atomic E-state index is 5.99. The van der Waals surface area contributed by atoms with Crippen LogP contribution < -0.4 is 16.8 Å². The molecule has 3 heteroatoms. The van der Waals surface area contributed by atoms with Crippen LogP contribution in [-0.2, 0) is 0 Å². The molecule has 0 aromatic rings. The van der Waals surface area contributed by atoms with Gasteiger partial charge in [0.1, 0.15) is 0 Å². The van der Waals surface area contributed by atoms with Crippen LogP contribution in [0.25, 0.3) is 0 Å². The maximum Gasteiger partial charge on any atom is 0.0373 e. The highest BCUT2D eigenvalue weighted by Crippen LogP contribution is 2.26. The lowest BCUT2D eigenvalue weighted by Crippen LogP contribution is -2.71. The monoisotopic (exact) mass is 171 g/mol. The summed E-state index contributed by atoms with van der Waals surface area (Å²) in [6, 6.07) is 0.154. The summed E-state index contributed by atoms with van der Waals surface area (Å²) in [6.07, 6.45) is 0.942. The topological polar surface area (TPSA) is 64.1 Å². The zero-order chi connectivity index (χ0) is 9.57. The van der Waals surface area contributed by atoms with Gasteiger partial charge in [-0.25, -0.2) is 0 Å². The highest BCUT2D eigenvalue weighted by molar-refractivity contribution is 5.06. The fourth-order valence-corrected chi connectivity index (χ4v) is 2.26. The molecule has 1 heterocycles. The normalized spacial score (nSPS) is 39.5. The molecule has 0 radical (unpaired) electrons. The Morgan fingerprint density at radius 3 is 2.08 bits per heavy atom. The van der Waals surface area contributed by atoms with Crippen LogP contribution in [0.15, 0.2) is 0 Å². The van der Waals surface area contributed by atoms with E-state index >= 15 is 0 Å². The van der Waals surface area contributed by atoms with Gasteiger partial charge >= 0.3 is 0 Å². The SMILES string of the molecule is CC1(C)CC(N)C(N)C(C)(C)N1. The number of nitrogens with two attached hydrogens (primary N) is 2. The number of piperidine rings is 1. The second-order valence-corrected chi connectivity index (χ2v) is 5.12. The molecule has 2 atom stereocenters. The Bertz CT molecular complexity index is 175. The molecule has 2 unspecified atom stereocenters. The summed E-state index contributed by atoms with van der Waals surface area (Å²) in [5, 5.41) is 3.51. The molecular formula is C9H21N3. The lowest BCUT2D eigenvalue weighted by molar-refractivity contribution is 0.137. The molecule has 1 rings (SSSR count). The number of nitrogens with one attached hydrogen (secondary N) is 1. The van der Waals surface area contributed by atoms with Gasteiger partial charge in [0.15, 0.2) is 0 Å². The van der Waals surface area contributed by atoms with Crippen LogP contribution in [0.5, 0.6) is 0 Å². The fourth-order valence-electron chi connectivity index (χ4n) is 2.26. The van der Waals surface area contributed by atoms with Gasteiger partial charge in [0, 0.05) is 23.2 Å². The standard InChI is InChI=1S/C9H21N3/c1-8(2)5-6(10)7(11)9(3,4)12-8/h6-7,12H,5,10-11H2,1-4H3. The van der Waals surface area contributed by atoms with Crippen LogP contribution in [0.3, 0.4) is 0 Å². The molecule has 1 fully saturated rings.